The summed E-state index contributed by atoms with van der Waals surface area (Å²) in [4.78, 5) is 10.1. The molecule has 0 aliphatic heterocycles. The molecule has 7 rings (SSSR count). The van der Waals surface area contributed by atoms with Crippen LogP contribution in [-0.4, -0.2) is 18.4 Å². The van der Waals surface area contributed by atoms with Gasteiger partial charge in [-0.05, 0) is 52.6 Å². The molecule has 0 atom stereocenters. The fraction of sp³-hybridized carbons (Fsp3) is 0. The van der Waals surface area contributed by atoms with Gasteiger partial charge in [-0.3, -0.25) is 0 Å². The van der Waals surface area contributed by atoms with Gasteiger partial charge in [-0.25, -0.2) is 9.97 Å². The van der Waals surface area contributed by atoms with E-state index in [0.717, 1.165) is 67.3 Å². The summed E-state index contributed by atoms with van der Waals surface area (Å²) < 4.78 is 0. The Morgan fingerprint density at radius 3 is 0.767 bits per heavy atom. The maximum Gasteiger partial charge on any atom is 0.0715 e. The summed E-state index contributed by atoms with van der Waals surface area (Å²) >= 11 is 0. The highest BCUT2D eigenvalue weighted by atomic mass is 14.7. The van der Waals surface area contributed by atoms with E-state index in [0.29, 0.717) is 0 Å². The lowest BCUT2D eigenvalue weighted by Crippen LogP contribution is -1.92. The van der Waals surface area contributed by atoms with Crippen molar-refractivity contribution in [2.24, 2.45) is 0 Å². The lowest BCUT2D eigenvalue weighted by molar-refractivity contribution is 1.32. The molecule has 43 heavy (non-hydrogen) atoms. The van der Waals surface area contributed by atoms with E-state index in [-0.39, 0.29) is 8.41 Å². The smallest absolute Gasteiger partial charge is 0.0715 e. The maximum atomic E-state index is 5.06. The molecule has 2 aromatic heterocycles. The van der Waals surface area contributed by atoms with Gasteiger partial charge >= 0.3 is 0 Å². The van der Waals surface area contributed by atoms with Crippen molar-refractivity contribution in [3.05, 3.63) is 170 Å². The molecule has 0 aliphatic carbocycles. The highest BCUT2D eigenvalue weighted by Gasteiger charge is 2.12. The third-order valence-corrected chi connectivity index (χ3v) is 7.46. The molecule has 206 valence electrons. The van der Waals surface area contributed by atoms with E-state index < -0.39 is 0 Å². The van der Waals surface area contributed by atoms with Crippen LogP contribution in [0.1, 0.15) is 0 Å². The minimum absolute atomic E-state index is 0. The van der Waals surface area contributed by atoms with Gasteiger partial charge in [-0.2, -0.15) is 0 Å². The van der Waals surface area contributed by atoms with E-state index in [4.69, 9.17) is 9.97 Å². The second-order valence-electron chi connectivity index (χ2n) is 10.3. The van der Waals surface area contributed by atoms with Crippen molar-refractivity contribution >= 4 is 8.41 Å². The summed E-state index contributed by atoms with van der Waals surface area (Å²) in [6.45, 7) is 0. The molecule has 2 nitrogen and oxygen atoms in total. The monoisotopic (exact) mass is 551 g/mol. The second-order valence-corrected chi connectivity index (χ2v) is 10.3. The van der Waals surface area contributed by atoms with Crippen LogP contribution < -0.4 is 0 Å². The number of benzene rings is 5. The summed E-state index contributed by atoms with van der Waals surface area (Å²) in [5, 5.41) is 0. The molecule has 5 aromatic carbocycles. The van der Waals surface area contributed by atoms with Gasteiger partial charge in [0, 0.05) is 22.3 Å². The molecule has 0 saturated heterocycles. The van der Waals surface area contributed by atoms with Crippen LogP contribution in [0.15, 0.2) is 170 Å². The van der Waals surface area contributed by atoms with Crippen LogP contribution in [0.5, 0.6) is 0 Å². The highest BCUT2D eigenvalue weighted by Crippen LogP contribution is 2.34. The summed E-state index contributed by atoms with van der Waals surface area (Å²) in [5.41, 5.74) is 12.8. The van der Waals surface area contributed by atoms with Crippen LogP contribution in [0.2, 0.25) is 0 Å². The fourth-order valence-corrected chi connectivity index (χ4v) is 5.30. The molecule has 3 heteroatoms. The molecular weight excluding hydrogens is 519 g/mol. The molecule has 0 unspecified atom stereocenters. The zero-order chi connectivity index (χ0) is 28.1. The first kappa shape index (κ1) is 27.6. The first-order valence-electron chi connectivity index (χ1n) is 14.2. The molecule has 7 aromatic rings. The van der Waals surface area contributed by atoms with Crippen molar-refractivity contribution in [1.82, 2.24) is 9.97 Å². The van der Waals surface area contributed by atoms with E-state index in [1.807, 2.05) is 24.3 Å². The van der Waals surface area contributed by atoms with Crippen molar-refractivity contribution < 1.29 is 0 Å². The van der Waals surface area contributed by atoms with E-state index in [1.54, 1.807) is 0 Å². The Bertz CT molecular complexity index is 1700. The number of aromatic nitrogens is 2. The van der Waals surface area contributed by atoms with Gasteiger partial charge in [0.05, 0.1) is 22.8 Å². The fourth-order valence-electron chi connectivity index (χ4n) is 5.30. The molecule has 0 fully saturated rings. The predicted molar refractivity (Wildman–Crippen MR) is 186 cm³/mol. The number of hydrogen-bond acceptors (Lipinski definition) is 2. The van der Waals surface area contributed by atoms with E-state index in [1.165, 1.54) is 0 Å². The SMILES string of the molecule is [BH4-].c1ccc(-c2cc(-c3cccc(-c4cc(-c5ccccc5)nc(-c5ccccc5)c4)c3)cc(-c3ccccc3)n2)cc1. The molecule has 0 spiro atoms. The molecular formula is C40H32BN2-. The van der Waals surface area contributed by atoms with E-state index in [2.05, 4.69) is 146 Å². The largest absolute Gasteiger partial charge is 0.248 e. The number of hydrogen-bond donors (Lipinski definition) is 0. The van der Waals surface area contributed by atoms with Gasteiger partial charge in [0.25, 0.3) is 0 Å². The van der Waals surface area contributed by atoms with Crippen molar-refractivity contribution in [1.29, 1.82) is 0 Å². The Labute approximate surface area is 255 Å². The second kappa shape index (κ2) is 12.5. The Kier molecular flexibility index (Phi) is 8.06. The summed E-state index contributed by atoms with van der Waals surface area (Å²) in [6, 6.07) is 59.1. The minimum Gasteiger partial charge on any atom is -0.248 e. The number of rotatable bonds is 6. The van der Waals surface area contributed by atoms with Crippen LogP contribution in [0, 0.1) is 0 Å². The average Bonchev–Trinajstić information content (AvgIpc) is 3.09. The Morgan fingerprint density at radius 2 is 0.488 bits per heavy atom. The third kappa shape index (κ3) is 6.07. The lowest BCUT2D eigenvalue weighted by atomic mass is 9.95. The Balaban J connectivity index is 0.00000329. The topological polar surface area (TPSA) is 25.8 Å². The van der Waals surface area contributed by atoms with Gasteiger partial charge in [0.15, 0.2) is 0 Å². The van der Waals surface area contributed by atoms with Crippen molar-refractivity contribution in [3.63, 3.8) is 0 Å². The summed E-state index contributed by atoms with van der Waals surface area (Å²) in [7, 11) is 0. The Hall–Kier alpha value is -5.54. The standard InChI is InChI=1S/C40H28N2.BH4/c1-5-14-29(15-6-1)37-25-35(26-38(41-37)30-16-7-2-8-17-30)33-22-13-23-34(24-33)36-27-39(31-18-9-3-10-19-31)42-40(28-36)32-20-11-4-12-21-32;/h1-28H;1H4/q;-1. The first-order valence-corrected chi connectivity index (χ1v) is 14.2. The third-order valence-electron chi connectivity index (χ3n) is 7.46. The van der Waals surface area contributed by atoms with Gasteiger partial charge in [-0.15, -0.1) is 0 Å². The average molecular weight is 552 g/mol. The minimum atomic E-state index is 0. The van der Waals surface area contributed by atoms with Crippen molar-refractivity contribution in [3.8, 4) is 67.3 Å². The van der Waals surface area contributed by atoms with Crippen LogP contribution in [0.4, 0.5) is 0 Å². The zero-order valence-electron chi connectivity index (χ0n) is 23.1. The van der Waals surface area contributed by atoms with Crippen LogP contribution in [0.3, 0.4) is 0 Å². The molecule has 0 amide bonds. The predicted octanol–water partition coefficient (Wildman–Crippen LogP) is 9.03. The van der Waals surface area contributed by atoms with Crippen molar-refractivity contribution in [2.75, 3.05) is 0 Å². The number of nitrogens with zero attached hydrogens (tertiary/aromatic N) is 2. The molecule has 0 bridgehead atoms. The van der Waals surface area contributed by atoms with Crippen LogP contribution in [-0.2, 0) is 0 Å². The quantitative estimate of drug-likeness (QED) is 0.193. The lowest BCUT2D eigenvalue weighted by Gasteiger charge is -2.13. The molecule has 0 aliphatic rings. The molecule has 0 saturated carbocycles. The zero-order valence-corrected chi connectivity index (χ0v) is 23.1. The van der Waals surface area contributed by atoms with E-state index in [9.17, 15) is 0 Å². The first-order chi connectivity index (χ1) is 20.8. The van der Waals surface area contributed by atoms with Crippen LogP contribution >= 0.6 is 0 Å². The van der Waals surface area contributed by atoms with Crippen molar-refractivity contribution in [2.45, 2.75) is 0 Å². The molecule has 0 radical (unpaired) electrons. The number of pyridine rings is 2. The Morgan fingerprint density at radius 1 is 0.233 bits per heavy atom. The maximum absolute atomic E-state index is 5.06. The van der Waals surface area contributed by atoms with Gasteiger partial charge in [0.1, 0.15) is 0 Å². The van der Waals surface area contributed by atoms with Gasteiger partial charge in [0.2, 0.25) is 0 Å². The van der Waals surface area contributed by atoms with Gasteiger partial charge < -0.3 is 0 Å². The van der Waals surface area contributed by atoms with Crippen LogP contribution in [0.25, 0.3) is 67.3 Å². The van der Waals surface area contributed by atoms with Gasteiger partial charge in [-0.1, -0.05) is 148 Å². The molecule has 2 heterocycles. The molecule has 0 N–H and O–H groups in total. The summed E-state index contributed by atoms with van der Waals surface area (Å²) in [5.74, 6) is 0. The highest BCUT2D eigenvalue weighted by molar-refractivity contribution is 5.82. The summed E-state index contributed by atoms with van der Waals surface area (Å²) in [6.07, 6.45) is 0. The normalized spacial score (nSPS) is 10.6. The van der Waals surface area contributed by atoms with E-state index >= 15 is 0 Å².